The number of ether oxygens (including phenoxy) is 1. The van der Waals surface area contributed by atoms with Crippen LogP contribution in [0.2, 0.25) is 5.82 Å². The Kier molecular flexibility index (Phi) is 4.08. The van der Waals surface area contributed by atoms with E-state index in [1.807, 2.05) is 0 Å². The van der Waals surface area contributed by atoms with Gasteiger partial charge in [0.25, 0.3) is 0 Å². The summed E-state index contributed by atoms with van der Waals surface area (Å²) in [6.45, 7) is -1.18. The third kappa shape index (κ3) is 3.05. The van der Waals surface area contributed by atoms with Gasteiger partial charge in [0.1, 0.15) is 17.4 Å². The lowest BCUT2D eigenvalue weighted by molar-refractivity contribution is -0.119. The quantitative estimate of drug-likeness (QED) is 0.382. The van der Waals surface area contributed by atoms with Gasteiger partial charge in [0.15, 0.2) is 0 Å². The molecular formula is C18H23BN3O7-. The van der Waals surface area contributed by atoms with Gasteiger partial charge in [-0.3, -0.25) is 9.69 Å². The first-order chi connectivity index (χ1) is 13.7. The highest BCUT2D eigenvalue weighted by molar-refractivity contribution is 6.62. The number of benzene rings is 1. The monoisotopic (exact) mass is 404 g/mol. The molecule has 0 aromatic heterocycles. The first kappa shape index (κ1) is 18.7. The van der Waals surface area contributed by atoms with E-state index < -0.39 is 12.7 Å². The Balaban J connectivity index is 1.30. The summed E-state index contributed by atoms with van der Waals surface area (Å²) in [5.41, 5.74) is 5.85. The van der Waals surface area contributed by atoms with Crippen LogP contribution in [0.25, 0.3) is 0 Å². The number of rotatable bonds is 5. The highest BCUT2D eigenvalue weighted by atomic mass is 16.6. The Labute approximate surface area is 166 Å². The van der Waals surface area contributed by atoms with Crippen molar-refractivity contribution in [3.05, 3.63) is 23.3 Å². The molecule has 1 aromatic rings. The van der Waals surface area contributed by atoms with Crippen LogP contribution in [0.5, 0.6) is 11.5 Å². The molecule has 1 aliphatic carbocycles. The van der Waals surface area contributed by atoms with Crippen LogP contribution in [0.4, 0.5) is 0 Å². The van der Waals surface area contributed by atoms with E-state index in [2.05, 4.69) is 10.2 Å². The third-order valence-corrected chi connectivity index (χ3v) is 6.59. The minimum atomic E-state index is -3.06. The average molecular weight is 404 g/mol. The fourth-order valence-electron chi connectivity index (χ4n) is 4.85. The number of primary amides is 1. The predicted molar refractivity (Wildman–Crippen MR) is 101 cm³/mol. The Hall–Kier alpha value is -2.34. The maximum absolute atomic E-state index is 11.9. The number of fused-ring (bicyclic) bond motifs is 3. The molecule has 29 heavy (non-hydrogen) atoms. The van der Waals surface area contributed by atoms with Gasteiger partial charge in [-0.25, -0.2) is 4.79 Å². The molecule has 0 spiro atoms. The van der Waals surface area contributed by atoms with Crippen molar-refractivity contribution < 1.29 is 34.1 Å². The largest absolute Gasteiger partial charge is 0.669 e. The smallest absolute Gasteiger partial charge is 0.434 e. The fourth-order valence-corrected chi connectivity index (χ4v) is 4.85. The molecule has 10 nitrogen and oxygen atoms in total. The van der Waals surface area contributed by atoms with Crippen molar-refractivity contribution >= 4 is 18.6 Å². The van der Waals surface area contributed by atoms with E-state index in [0.717, 1.165) is 0 Å². The van der Waals surface area contributed by atoms with Crippen molar-refractivity contribution in [2.45, 2.75) is 42.8 Å². The minimum Gasteiger partial charge on any atom is -0.669 e. The van der Waals surface area contributed by atoms with E-state index in [1.54, 1.807) is 12.1 Å². The normalized spacial score (nSPS) is 32.5. The summed E-state index contributed by atoms with van der Waals surface area (Å²) in [5, 5.41) is 33.0. The Morgan fingerprint density at radius 3 is 2.69 bits per heavy atom. The summed E-state index contributed by atoms with van der Waals surface area (Å²) >= 11 is 0. The van der Waals surface area contributed by atoms with Crippen LogP contribution in [0.1, 0.15) is 34.7 Å². The molecule has 1 aromatic carbocycles. The van der Waals surface area contributed by atoms with Gasteiger partial charge in [0.05, 0.1) is 11.8 Å². The zero-order valence-electron chi connectivity index (χ0n) is 15.7. The number of likely N-dealkylation sites (tertiary alicyclic amines) is 1. The molecule has 2 saturated heterocycles. The van der Waals surface area contributed by atoms with Crippen LogP contribution >= 0.6 is 0 Å². The first-order valence-corrected chi connectivity index (χ1v) is 9.86. The molecule has 0 unspecified atom stereocenters. The maximum Gasteiger partial charge on any atom is 0.434 e. The molecule has 11 heteroatoms. The van der Waals surface area contributed by atoms with Crippen molar-refractivity contribution in [2.24, 2.45) is 5.73 Å². The molecular weight excluding hydrogens is 381 g/mol. The number of nitrogens with one attached hydrogen (secondary N) is 1. The van der Waals surface area contributed by atoms with Gasteiger partial charge >= 0.3 is 12.7 Å². The lowest BCUT2D eigenvalue weighted by Gasteiger charge is -2.43. The number of aromatic carboxylic acids is 1. The number of nitrogens with zero attached hydrogens (tertiary/aromatic N) is 1. The summed E-state index contributed by atoms with van der Waals surface area (Å²) in [6, 6.07) is 3.25. The van der Waals surface area contributed by atoms with Crippen LogP contribution in [-0.4, -0.2) is 76.5 Å². The summed E-state index contributed by atoms with van der Waals surface area (Å²) in [4.78, 5) is 25.4. The van der Waals surface area contributed by atoms with Crippen molar-refractivity contribution in [3.8, 4) is 11.5 Å². The zero-order valence-corrected chi connectivity index (χ0v) is 15.7. The summed E-state index contributed by atoms with van der Waals surface area (Å²) < 4.78 is 11.2. The average Bonchev–Trinajstić information content (AvgIpc) is 3.28. The van der Waals surface area contributed by atoms with E-state index >= 15 is 0 Å². The zero-order chi connectivity index (χ0) is 20.5. The number of carboxylic acids is 1. The topological polar surface area (TPSA) is 155 Å². The molecule has 3 fully saturated rings. The van der Waals surface area contributed by atoms with Crippen molar-refractivity contribution in [2.75, 3.05) is 19.6 Å². The number of carboxylic acid groups (broad SMARTS) is 1. The summed E-state index contributed by atoms with van der Waals surface area (Å²) in [7, 11) is 0. The first-order valence-electron chi connectivity index (χ1n) is 9.86. The van der Waals surface area contributed by atoms with Crippen LogP contribution in [0.3, 0.4) is 0 Å². The van der Waals surface area contributed by atoms with Crippen molar-refractivity contribution in [1.29, 1.82) is 0 Å². The predicted octanol–water partition coefficient (Wildman–Crippen LogP) is -1.16. The van der Waals surface area contributed by atoms with E-state index in [1.165, 1.54) is 0 Å². The SMILES string of the molecule is NC(=O)[C@@H]1C[C@H](N2CC(Oc3ccc4c(c3C(=O)O)O[B-](O)(O)[C@@H]3C[C@H]43)C2)CN1. The van der Waals surface area contributed by atoms with Gasteiger partial charge in [-0.05, 0) is 24.0 Å². The van der Waals surface area contributed by atoms with Gasteiger partial charge in [0.2, 0.25) is 5.91 Å². The number of hydrogen-bond donors (Lipinski definition) is 5. The minimum absolute atomic E-state index is 0.000720. The Morgan fingerprint density at radius 2 is 2.03 bits per heavy atom. The third-order valence-electron chi connectivity index (χ3n) is 6.59. The fraction of sp³-hybridized carbons (Fsp3) is 0.556. The second kappa shape index (κ2) is 6.33. The van der Waals surface area contributed by atoms with Gasteiger partial charge in [-0.2, -0.15) is 0 Å². The van der Waals surface area contributed by atoms with Gasteiger partial charge in [0, 0.05) is 25.7 Å². The molecule has 4 atom stereocenters. The summed E-state index contributed by atoms with van der Waals surface area (Å²) in [5.74, 6) is -1.90. The number of carbonyl (C=O) groups excluding carboxylic acids is 1. The molecule has 6 N–H and O–H groups in total. The molecule has 3 aliphatic heterocycles. The molecule has 0 bridgehead atoms. The molecule has 1 amide bonds. The molecule has 3 heterocycles. The van der Waals surface area contributed by atoms with Crippen LogP contribution in [0.15, 0.2) is 12.1 Å². The molecule has 4 aliphatic rings. The standard InChI is InChI=1S/C18H23BN3O7/c20-17(23)13-3-8(5-21-13)22-6-9(7-22)28-14-2-1-10-11-4-12(11)19(26,27)29-16(10)15(14)18(24)25/h1-2,8-9,11-13,21,26-27H,3-7H2,(H2,20,23)(H,24,25)/q-1/t8-,11+,12+,13-/m0/s1. The Bertz CT molecular complexity index is 888. The van der Waals surface area contributed by atoms with Crippen LogP contribution in [-0.2, 0) is 4.79 Å². The second-order valence-corrected chi connectivity index (χ2v) is 8.49. The van der Waals surface area contributed by atoms with E-state index in [9.17, 15) is 24.7 Å². The Morgan fingerprint density at radius 1 is 1.28 bits per heavy atom. The highest BCUT2D eigenvalue weighted by Gasteiger charge is 2.55. The van der Waals surface area contributed by atoms with E-state index in [-0.39, 0.29) is 52.9 Å². The van der Waals surface area contributed by atoms with Gasteiger partial charge < -0.3 is 35.6 Å². The summed E-state index contributed by atoms with van der Waals surface area (Å²) in [6.07, 6.45) is 1.02. The lowest BCUT2D eigenvalue weighted by atomic mass is 9.68. The number of hydrogen-bond acceptors (Lipinski definition) is 8. The molecule has 156 valence electrons. The van der Waals surface area contributed by atoms with Crippen molar-refractivity contribution in [1.82, 2.24) is 10.2 Å². The van der Waals surface area contributed by atoms with Crippen molar-refractivity contribution in [3.63, 3.8) is 0 Å². The second-order valence-electron chi connectivity index (χ2n) is 8.49. The lowest BCUT2D eigenvalue weighted by Crippen LogP contribution is -2.58. The maximum atomic E-state index is 11.9. The van der Waals surface area contributed by atoms with Gasteiger partial charge in [-0.1, -0.05) is 18.3 Å². The molecule has 0 radical (unpaired) electrons. The number of carbonyl (C=O) groups is 2. The highest BCUT2D eigenvalue weighted by Crippen LogP contribution is 2.63. The number of amides is 1. The number of nitrogens with two attached hydrogens (primary N) is 1. The van der Waals surface area contributed by atoms with Crippen LogP contribution < -0.4 is 20.4 Å². The van der Waals surface area contributed by atoms with E-state index in [0.29, 0.717) is 38.0 Å². The molecule has 5 rings (SSSR count). The van der Waals surface area contributed by atoms with E-state index in [4.69, 9.17) is 15.1 Å². The molecule has 1 saturated carbocycles. The van der Waals surface area contributed by atoms with Crippen LogP contribution in [0, 0.1) is 0 Å². The van der Waals surface area contributed by atoms with Gasteiger partial charge in [-0.15, -0.1) is 0 Å².